The first-order valence-corrected chi connectivity index (χ1v) is 20.1. The number of allylic oxidation sites excluding steroid dienone is 1. The van der Waals surface area contributed by atoms with Gasteiger partial charge in [-0.25, -0.2) is 0 Å². The van der Waals surface area contributed by atoms with Crippen LogP contribution in [0.3, 0.4) is 0 Å². The second-order valence-corrected chi connectivity index (χ2v) is 14.7. The average Bonchev–Trinajstić information content (AvgIpc) is 3.49. The van der Waals surface area contributed by atoms with E-state index in [2.05, 4.69) is 76.2 Å². The number of fused-ring (bicyclic) bond motifs is 1. The SMILES string of the molecule is O=C1CCC(N2C(=O)c3cccc(NCCCC(=O)N4CCN(CCOc5ccc(C(=C(CCCl)c6ccccc6)c6ccccc6)cc5)CC4)c3C2=O)C(=O)N1. The van der Waals surface area contributed by atoms with Crippen molar-refractivity contribution >= 4 is 58.0 Å². The van der Waals surface area contributed by atoms with Gasteiger partial charge in [-0.05, 0) is 71.4 Å². The first kappa shape index (κ1) is 39.5. The van der Waals surface area contributed by atoms with Crippen LogP contribution in [0.4, 0.5) is 5.69 Å². The normalized spacial score (nSPS) is 17.6. The number of benzene rings is 4. The number of piperidine rings is 1. The van der Waals surface area contributed by atoms with Gasteiger partial charge in [-0.1, -0.05) is 78.9 Å². The third-order valence-corrected chi connectivity index (χ3v) is 10.9. The number of alkyl halides is 1. The molecule has 3 heterocycles. The summed E-state index contributed by atoms with van der Waals surface area (Å²) in [6, 6.07) is 33.0. The monoisotopic (exact) mass is 787 g/mol. The van der Waals surface area contributed by atoms with Crippen molar-refractivity contribution in [3.8, 4) is 5.75 Å². The van der Waals surface area contributed by atoms with Crippen molar-refractivity contribution in [1.29, 1.82) is 0 Å². The molecule has 0 aliphatic carbocycles. The lowest BCUT2D eigenvalue weighted by atomic mass is 9.88. The fourth-order valence-corrected chi connectivity index (χ4v) is 7.97. The van der Waals surface area contributed by atoms with E-state index in [1.54, 1.807) is 18.2 Å². The topological polar surface area (TPSA) is 128 Å². The number of imide groups is 2. The van der Waals surface area contributed by atoms with Crippen LogP contribution in [0.25, 0.3) is 11.1 Å². The molecule has 1 atom stereocenters. The molecule has 0 spiro atoms. The zero-order valence-corrected chi connectivity index (χ0v) is 32.5. The highest BCUT2D eigenvalue weighted by atomic mass is 35.5. The summed E-state index contributed by atoms with van der Waals surface area (Å²) in [5, 5.41) is 5.43. The lowest BCUT2D eigenvalue weighted by Gasteiger charge is -2.34. The maximum Gasteiger partial charge on any atom is 0.264 e. The van der Waals surface area contributed by atoms with Crippen molar-refractivity contribution in [2.45, 2.75) is 38.1 Å². The van der Waals surface area contributed by atoms with Crippen LogP contribution in [0.5, 0.6) is 5.75 Å². The average molecular weight is 788 g/mol. The Morgan fingerprint density at radius 3 is 2.14 bits per heavy atom. The van der Waals surface area contributed by atoms with Gasteiger partial charge in [0, 0.05) is 63.7 Å². The molecule has 1 unspecified atom stereocenters. The van der Waals surface area contributed by atoms with Crippen LogP contribution in [0, 0.1) is 0 Å². The molecule has 2 N–H and O–H groups in total. The van der Waals surface area contributed by atoms with Gasteiger partial charge in [-0.2, -0.15) is 0 Å². The van der Waals surface area contributed by atoms with E-state index >= 15 is 0 Å². The maximum absolute atomic E-state index is 13.3. The molecule has 4 aromatic rings. The minimum Gasteiger partial charge on any atom is -0.492 e. The Labute approximate surface area is 337 Å². The molecule has 294 valence electrons. The highest BCUT2D eigenvalue weighted by Gasteiger charge is 2.45. The molecule has 0 radical (unpaired) electrons. The van der Waals surface area contributed by atoms with Crippen LogP contribution >= 0.6 is 11.6 Å². The number of rotatable bonds is 15. The number of ether oxygens (including phenoxy) is 1. The Balaban J connectivity index is 0.857. The molecule has 0 bridgehead atoms. The van der Waals surface area contributed by atoms with Crippen LogP contribution in [0.2, 0.25) is 0 Å². The van der Waals surface area contributed by atoms with Crippen LogP contribution in [-0.2, 0) is 14.4 Å². The third kappa shape index (κ3) is 9.11. The standard InChI is InChI=1S/C45H46ClN5O6/c46-23-22-35(31-9-3-1-4-10-31)41(32-11-5-2-6-12-32)33-16-18-34(19-17-33)57-30-29-49-25-27-50(28-26-49)40(53)15-8-24-47-37-14-7-13-36-42(37)45(56)51(44(36)55)38-20-21-39(52)48-43(38)54/h1-7,9-14,16-19,38,47H,8,15,20-30H2,(H,48,52,54). The molecule has 11 nitrogen and oxygen atoms in total. The minimum atomic E-state index is -1.02. The molecule has 3 aliphatic rings. The van der Waals surface area contributed by atoms with E-state index in [0.29, 0.717) is 50.7 Å². The van der Waals surface area contributed by atoms with Crippen molar-refractivity contribution < 1.29 is 28.7 Å². The smallest absolute Gasteiger partial charge is 0.264 e. The van der Waals surface area contributed by atoms with Crippen LogP contribution < -0.4 is 15.4 Å². The molecule has 0 saturated carbocycles. The van der Waals surface area contributed by atoms with E-state index in [0.717, 1.165) is 59.0 Å². The zero-order chi connectivity index (χ0) is 39.7. The van der Waals surface area contributed by atoms with Gasteiger partial charge in [0.1, 0.15) is 18.4 Å². The molecule has 3 aliphatic heterocycles. The van der Waals surface area contributed by atoms with E-state index in [1.165, 1.54) is 5.57 Å². The predicted molar refractivity (Wildman–Crippen MR) is 220 cm³/mol. The van der Waals surface area contributed by atoms with E-state index in [4.69, 9.17) is 16.3 Å². The minimum absolute atomic E-state index is 0.0596. The summed E-state index contributed by atoms with van der Waals surface area (Å²) in [5.41, 5.74) is 6.66. The van der Waals surface area contributed by atoms with Crippen molar-refractivity contribution in [2.75, 3.05) is 57.1 Å². The molecular weight excluding hydrogens is 742 g/mol. The number of piperazine rings is 1. The maximum atomic E-state index is 13.3. The van der Waals surface area contributed by atoms with Gasteiger partial charge in [0.15, 0.2) is 0 Å². The van der Waals surface area contributed by atoms with Crippen LogP contribution in [-0.4, -0.2) is 102 Å². The van der Waals surface area contributed by atoms with Gasteiger partial charge in [0.25, 0.3) is 11.8 Å². The summed E-state index contributed by atoms with van der Waals surface area (Å²) >= 11 is 6.32. The Morgan fingerprint density at radius 2 is 1.46 bits per heavy atom. The first-order chi connectivity index (χ1) is 27.8. The largest absolute Gasteiger partial charge is 0.492 e. The van der Waals surface area contributed by atoms with Gasteiger partial charge >= 0.3 is 0 Å². The fraction of sp³-hybridized carbons (Fsp3) is 0.311. The Morgan fingerprint density at radius 1 is 0.772 bits per heavy atom. The second kappa shape index (κ2) is 18.4. The van der Waals surface area contributed by atoms with Gasteiger partial charge < -0.3 is 15.0 Å². The summed E-state index contributed by atoms with van der Waals surface area (Å²) < 4.78 is 6.16. The summed E-state index contributed by atoms with van der Waals surface area (Å²) in [6.45, 7) is 4.50. The summed E-state index contributed by atoms with van der Waals surface area (Å²) in [7, 11) is 0. The number of nitrogens with zero attached hydrogens (tertiary/aromatic N) is 3. The van der Waals surface area contributed by atoms with E-state index in [1.807, 2.05) is 29.2 Å². The van der Waals surface area contributed by atoms with Crippen molar-refractivity contribution in [3.63, 3.8) is 0 Å². The molecule has 12 heteroatoms. The van der Waals surface area contributed by atoms with Crippen LogP contribution in [0.15, 0.2) is 103 Å². The molecule has 5 amide bonds. The number of nitrogens with one attached hydrogen (secondary N) is 2. The zero-order valence-electron chi connectivity index (χ0n) is 31.8. The Bertz CT molecular complexity index is 2130. The van der Waals surface area contributed by atoms with E-state index in [-0.39, 0.29) is 29.9 Å². The summed E-state index contributed by atoms with van der Waals surface area (Å²) in [6.07, 6.45) is 1.78. The van der Waals surface area contributed by atoms with Gasteiger partial charge in [0.05, 0.1) is 11.1 Å². The second-order valence-electron chi connectivity index (χ2n) is 14.3. The number of hydrogen-bond acceptors (Lipinski definition) is 8. The lowest BCUT2D eigenvalue weighted by molar-refractivity contribution is -0.136. The van der Waals surface area contributed by atoms with Crippen molar-refractivity contribution in [1.82, 2.24) is 20.0 Å². The van der Waals surface area contributed by atoms with Gasteiger partial charge in [-0.3, -0.25) is 39.1 Å². The predicted octanol–water partition coefficient (Wildman–Crippen LogP) is 6.09. The molecule has 57 heavy (non-hydrogen) atoms. The number of anilines is 1. The van der Waals surface area contributed by atoms with Crippen LogP contribution in [0.1, 0.15) is 69.5 Å². The third-order valence-electron chi connectivity index (χ3n) is 10.7. The highest BCUT2D eigenvalue weighted by molar-refractivity contribution is 6.25. The molecule has 2 saturated heterocycles. The number of amides is 5. The van der Waals surface area contributed by atoms with Crippen molar-refractivity contribution in [3.05, 3.63) is 131 Å². The molecule has 2 fully saturated rings. The first-order valence-electron chi connectivity index (χ1n) is 19.5. The fourth-order valence-electron chi connectivity index (χ4n) is 7.78. The van der Waals surface area contributed by atoms with E-state index < -0.39 is 29.7 Å². The number of carbonyl (C=O) groups is 5. The Hall–Kier alpha value is -5.78. The molecule has 4 aromatic carbocycles. The van der Waals surface area contributed by atoms with Crippen molar-refractivity contribution in [2.24, 2.45) is 0 Å². The van der Waals surface area contributed by atoms with Gasteiger partial charge in [-0.15, -0.1) is 11.6 Å². The number of halogens is 1. The molecular formula is C45H46ClN5O6. The summed E-state index contributed by atoms with van der Waals surface area (Å²) in [4.78, 5) is 68.7. The lowest BCUT2D eigenvalue weighted by Crippen LogP contribution is -2.54. The highest BCUT2D eigenvalue weighted by Crippen LogP contribution is 2.36. The summed E-state index contributed by atoms with van der Waals surface area (Å²) in [5.74, 6) is -0.783. The van der Waals surface area contributed by atoms with Gasteiger partial charge in [0.2, 0.25) is 17.7 Å². The molecule has 0 aromatic heterocycles. The number of hydrogen-bond donors (Lipinski definition) is 2. The number of carbonyl (C=O) groups excluding carboxylic acids is 5. The van der Waals surface area contributed by atoms with E-state index in [9.17, 15) is 24.0 Å². The molecule has 7 rings (SSSR count). The quantitative estimate of drug-likeness (QED) is 0.0642. The Kier molecular flexibility index (Phi) is 12.8.